The molecule has 0 atom stereocenters. The Morgan fingerprint density at radius 3 is 2.54 bits per heavy atom. The minimum Gasteiger partial charge on any atom is -0.495 e. The lowest BCUT2D eigenvalue weighted by atomic mass is 10.2. The molecule has 1 aromatic heterocycles. The molecular weight excluding hydrogens is 490 g/mol. The molecule has 0 spiro atoms. The van der Waals surface area contributed by atoms with Gasteiger partial charge in [-0.3, -0.25) is 4.79 Å². The molecule has 0 saturated carbocycles. The van der Waals surface area contributed by atoms with Crippen molar-refractivity contribution in [2.45, 2.75) is 17.0 Å². The first kappa shape index (κ1) is 25.2. The summed E-state index contributed by atoms with van der Waals surface area (Å²) in [6, 6.07) is 12.1. The third kappa shape index (κ3) is 5.67. The fourth-order valence-corrected chi connectivity index (χ4v) is 5.76. The Morgan fingerprint density at radius 2 is 1.86 bits per heavy atom. The first-order valence-electron chi connectivity index (χ1n) is 10.9. The number of amides is 1. The molecule has 0 bridgehead atoms. The molecule has 0 aliphatic carbocycles. The van der Waals surface area contributed by atoms with Gasteiger partial charge in [0.05, 0.1) is 36.7 Å². The number of carbonyl (C=O) groups is 1. The maximum absolute atomic E-state index is 12.8. The molecule has 1 fully saturated rings. The maximum Gasteiger partial charge on any atom is 0.243 e. The van der Waals surface area contributed by atoms with Gasteiger partial charge in [0, 0.05) is 25.7 Å². The number of ether oxygens (including phenoxy) is 2. The third-order valence-electron chi connectivity index (χ3n) is 5.52. The lowest BCUT2D eigenvalue weighted by molar-refractivity contribution is -0.113. The van der Waals surface area contributed by atoms with Gasteiger partial charge in [-0.15, -0.1) is 10.2 Å². The maximum atomic E-state index is 12.8. The lowest BCUT2D eigenvalue weighted by Crippen LogP contribution is -2.40. The molecule has 0 unspecified atom stereocenters. The monoisotopic (exact) mass is 517 g/mol. The normalized spacial score (nSPS) is 14.6. The van der Waals surface area contributed by atoms with E-state index >= 15 is 0 Å². The molecule has 4 rings (SSSR count). The third-order valence-corrected chi connectivity index (χ3v) is 8.45. The zero-order chi connectivity index (χ0) is 25.0. The first-order valence-corrected chi connectivity index (χ1v) is 13.4. The van der Waals surface area contributed by atoms with Crippen LogP contribution in [0.25, 0.3) is 11.4 Å². The second-order valence-corrected chi connectivity index (χ2v) is 10.8. The van der Waals surface area contributed by atoms with Crippen LogP contribution < -0.4 is 10.1 Å². The second-order valence-electron chi connectivity index (χ2n) is 7.95. The molecule has 2 aromatic carbocycles. The number of benzene rings is 2. The number of hydrogen-bond donors (Lipinski definition) is 1. The van der Waals surface area contributed by atoms with E-state index in [2.05, 4.69) is 15.5 Å². The average Bonchev–Trinajstić information content (AvgIpc) is 3.23. The summed E-state index contributed by atoms with van der Waals surface area (Å²) < 4.78 is 39.4. The molecule has 2 heterocycles. The summed E-state index contributed by atoms with van der Waals surface area (Å²) in [4.78, 5) is 12.7. The number of aryl methyl sites for hydroxylation is 1. The molecule has 1 saturated heterocycles. The molecule has 186 valence electrons. The summed E-state index contributed by atoms with van der Waals surface area (Å²) in [7, 11) is -0.205. The Kier molecular flexibility index (Phi) is 7.75. The van der Waals surface area contributed by atoms with Crippen molar-refractivity contribution in [1.82, 2.24) is 19.1 Å². The lowest BCUT2D eigenvalue weighted by Gasteiger charge is -2.26. The first-order chi connectivity index (χ1) is 16.8. The highest BCUT2D eigenvalue weighted by Crippen LogP contribution is 2.27. The molecule has 1 N–H and O–H groups in total. The van der Waals surface area contributed by atoms with Crippen molar-refractivity contribution in [2.75, 3.05) is 44.5 Å². The predicted molar refractivity (Wildman–Crippen MR) is 133 cm³/mol. The number of rotatable bonds is 8. The van der Waals surface area contributed by atoms with Crippen molar-refractivity contribution in [3.63, 3.8) is 0 Å². The fraction of sp³-hybridized carbons (Fsp3) is 0.348. The van der Waals surface area contributed by atoms with Gasteiger partial charge in [0.2, 0.25) is 15.9 Å². The van der Waals surface area contributed by atoms with Gasteiger partial charge in [-0.25, -0.2) is 8.42 Å². The highest BCUT2D eigenvalue weighted by molar-refractivity contribution is 7.99. The van der Waals surface area contributed by atoms with Crippen LogP contribution in [0.4, 0.5) is 5.69 Å². The fourth-order valence-electron chi connectivity index (χ4n) is 3.64. The predicted octanol–water partition coefficient (Wildman–Crippen LogP) is 2.55. The number of carbonyl (C=O) groups excluding carboxylic acids is 1. The van der Waals surface area contributed by atoms with Crippen LogP contribution in [-0.2, 0) is 26.6 Å². The van der Waals surface area contributed by atoms with E-state index in [4.69, 9.17) is 9.47 Å². The Labute approximate surface area is 208 Å². The number of nitrogens with zero attached hydrogens (tertiary/aromatic N) is 4. The number of morpholine rings is 1. The Bertz CT molecular complexity index is 1300. The highest BCUT2D eigenvalue weighted by atomic mass is 32.2. The molecule has 1 aliphatic rings. The number of aromatic nitrogens is 3. The van der Waals surface area contributed by atoms with Crippen LogP contribution in [0, 0.1) is 6.92 Å². The van der Waals surface area contributed by atoms with Crippen LogP contribution in [0.1, 0.15) is 5.56 Å². The van der Waals surface area contributed by atoms with Gasteiger partial charge >= 0.3 is 0 Å². The standard InChI is InChI=1S/C23H27N5O5S2/c1-16-4-9-20(32-3)19(14-16)24-21(29)15-34-23-26-25-22(27(23)2)17-5-7-18(8-6-17)35(30,31)28-10-12-33-13-11-28/h4-9,14H,10-13,15H2,1-3H3,(H,24,29). The number of nitrogens with one attached hydrogen (secondary N) is 1. The molecule has 1 aliphatic heterocycles. The quantitative estimate of drug-likeness (QED) is 0.453. The molecule has 10 nitrogen and oxygen atoms in total. The van der Waals surface area contributed by atoms with E-state index < -0.39 is 10.0 Å². The average molecular weight is 518 g/mol. The number of sulfonamides is 1. The summed E-state index contributed by atoms with van der Waals surface area (Å²) >= 11 is 1.26. The molecule has 1 amide bonds. The highest BCUT2D eigenvalue weighted by Gasteiger charge is 2.26. The van der Waals surface area contributed by atoms with Crippen LogP contribution >= 0.6 is 11.8 Å². The van der Waals surface area contributed by atoms with Crippen molar-refractivity contribution in [3.8, 4) is 17.1 Å². The van der Waals surface area contributed by atoms with E-state index in [1.165, 1.54) is 16.1 Å². The summed E-state index contributed by atoms with van der Waals surface area (Å²) in [6.45, 7) is 3.42. The van der Waals surface area contributed by atoms with Crippen molar-refractivity contribution < 1.29 is 22.7 Å². The zero-order valence-corrected chi connectivity index (χ0v) is 21.4. The number of anilines is 1. The summed E-state index contributed by atoms with van der Waals surface area (Å²) in [6.07, 6.45) is 0. The largest absolute Gasteiger partial charge is 0.495 e. The van der Waals surface area contributed by atoms with Gasteiger partial charge in [-0.2, -0.15) is 4.31 Å². The smallest absolute Gasteiger partial charge is 0.243 e. The Hall–Kier alpha value is -2.93. The summed E-state index contributed by atoms with van der Waals surface area (Å²) in [5.41, 5.74) is 2.35. The van der Waals surface area contributed by atoms with Crippen LogP contribution in [0.5, 0.6) is 5.75 Å². The van der Waals surface area contributed by atoms with Crippen molar-refractivity contribution in [1.29, 1.82) is 0 Å². The van der Waals surface area contributed by atoms with E-state index in [-0.39, 0.29) is 16.6 Å². The van der Waals surface area contributed by atoms with Gasteiger partial charge in [0.1, 0.15) is 5.75 Å². The second kappa shape index (κ2) is 10.8. The van der Waals surface area contributed by atoms with Crippen LogP contribution in [-0.4, -0.2) is 72.6 Å². The minimum atomic E-state index is -3.56. The minimum absolute atomic E-state index is 0.139. The van der Waals surface area contributed by atoms with Gasteiger partial charge in [0.25, 0.3) is 0 Å². The molecule has 0 radical (unpaired) electrons. The van der Waals surface area contributed by atoms with Crippen LogP contribution in [0.15, 0.2) is 52.5 Å². The molecular formula is C23H27N5O5S2. The zero-order valence-electron chi connectivity index (χ0n) is 19.7. The SMILES string of the molecule is COc1ccc(C)cc1NC(=O)CSc1nnc(-c2ccc(S(=O)(=O)N3CCOCC3)cc2)n1C. The van der Waals surface area contributed by atoms with Gasteiger partial charge in [-0.05, 0) is 48.9 Å². The van der Waals surface area contributed by atoms with Crippen molar-refractivity contribution in [2.24, 2.45) is 7.05 Å². The molecule has 3 aromatic rings. The number of thioether (sulfide) groups is 1. The van der Waals surface area contributed by atoms with Gasteiger partial charge < -0.3 is 19.4 Å². The van der Waals surface area contributed by atoms with Gasteiger partial charge in [0.15, 0.2) is 11.0 Å². The van der Waals surface area contributed by atoms with E-state index in [1.807, 2.05) is 25.1 Å². The van der Waals surface area contributed by atoms with Crippen LogP contribution in [0.2, 0.25) is 0 Å². The van der Waals surface area contributed by atoms with E-state index in [9.17, 15) is 13.2 Å². The topological polar surface area (TPSA) is 116 Å². The van der Waals surface area contributed by atoms with Gasteiger partial charge in [-0.1, -0.05) is 17.8 Å². The molecule has 35 heavy (non-hydrogen) atoms. The number of methoxy groups -OCH3 is 1. The summed E-state index contributed by atoms with van der Waals surface area (Å²) in [5, 5.41) is 11.9. The van der Waals surface area contributed by atoms with E-state index in [1.54, 1.807) is 43.0 Å². The Balaban J connectivity index is 1.42. The van der Waals surface area contributed by atoms with Crippen molar-refractivity contribution >= 4 is 33.4 Å². The molecule has 12 heteroatoms. The van der Waals surface area contributed by atoms with E-state index in [0.29, 0.717) is 48.7 Å². The van der Waals surface area contributed by atoms with E-state index in [0.717, 1.165) is 11.1 Å². The summed E-state index contributed by atoms with van der Waals surface area (Å²) in [5.74, 6) is 1.11. The van der Waals surface area contributed by atoms with Crippen molar-refractivity contribution in [3.05, 3.63) is 48.0 Å². The number of hydrogen-bond acceptors (Lipinski definition) is 8. The Morgan fingerprint density at radius 1 is 1.14 bits per heavy atom. The van der Waals surface area contributed by atoms with Crippen LogP contribution in [0.3, 0.4) is 0 Å².